The number of amides is 1. The Morgan fingerprint density at radius 3 is 2.96 bits per heavy atom. The van der Waals surface area contributed by atoms with Gasteiger partial charge in [-0.05, 0) is 46.2 Å². The molecule has 0 saturated carbocycles. The number of likely N-dealkylation sites (tertiary alicyclic amines) is 1. The van der Waals surface area contributed by atoms with Crippen molar-refractivity contribution in [3.8, 4) is 5.75 Å². The highest BCUT2D eigenvalue weighted by Crippen LogP contribution is 2.37. The third kappa shape index (κ3) is 3.75. The monoisotopic (exact) mass is 404 g/mol. The zero-order valence-corrected chi connectivity index (χ0v) is 17.6. The molecule has 7 nitrogen and oxygen atoms in total. The molecule has 1 fully saturated rings. The van der Waals surface area contributed by atoms with Crippen LogP contribution in [0.5, 0.6) is 5.75 Å². The van der Waals surface area contributed by atoms with E-state index in [4.69, 9.17) is 20.2 Å². The fourth-order valence-electron chi connectivity index (χ4n) is 3.83. The van der Waals surface area contributed by atoms with Gasteiger partial charge in [0, 0.05) is 30.6 Å². The maximum atomic E-state index is 12.6. The van der Waals surface area contributed by atoms with Crippen LogP contribution in [0, 0.1) is 0 Å². The molecule has 0 unspecified atom stereocenters. The van der Waals surface area contributed by atoms with Gasteiger partial charge in [0.15, 0.2) is 5.13 Å². The Morgan fingerprint density at radius 1 is 1.43 bits per heavy atom. The van der Waals surface area contributed by atoms with Crippen LogP contribution in [0.3, 0.4) is 0 Å². The van der Waals surface area contributed by atoms with Gasteiger partial charge in [0.1, 0.15) is 11.4 Å². The van der Waals surface area contributed by atoms with Crippen LogP contribution in [0.1, 0.15) is 39.7 Å². The van der Waals surface area contributed by atoms with Gasteiger partial charge in [-0.3, -0.25) is 0 Å². The minimum Gasteiger partial charge on any atom is -0.493 e. The van der Waals surface area contributed by atoms with Crippen LogP contribution in [-0.4, -0.2) is 52.9 Å². The Kier molecular flexibility index (Phi) is 4.87. The van der Waals surface area contributed by atoms with Crippen molar-refractivity contribution in [3.05, 3.63) is 17.7 Å². The van der Waals surface area contributed by atoms with E-state index in [1.54, 1.807) is 16.2 Å². The van der Waals surface area contributed by atoms with E-state index in [0.717, 1.165) is 27.5 Å². The molecule has 0 radical (unpaired) electrons. The molecule has 152 valence electrons. The molecule has 1 amide bonds. The van der Waals surface area contributed by atoms with E-state index >= 15 is 0 Å². The quantitative estimate of drug-likeness (QED) is 0.798. The van der Waals surface area contributed by atoms with Gasteiger partial charge in [-0.2, -0.15) is 0 Å². The number of fused-ring (bicyclic) bond motifs is 3. The Balaban J connectivity index is 1.52. The van der Waals surface area contributed by atoms with E-state index in [1.165, 1.54) is 5.56 Å². The van der Waals surface area contributed by atoms with Crippen molar-refractivity contribution in [3.63, 3.8) is 0 Å². The van der Waals surface area contributed by atoms with Crippen molar-refractivity contribution in [2.45, 2.75) is 64.3 Å². The number of hydrogen-bond acceptors (Lipinski definition) is 7. The molecule has 0 spiro atoms. The molecule has 1 aromatic heterocycles. The fourth-order valence-corrected chi connectivity index (χ4v) is 4.79. The van der Waals surface area contributed by atoms with Crippen LogP contribution < -0.4 is 15.8 Å². The average molecular weight is 405 g/mol. The summed E-state index contributed by atoms with van der Waals surface area (Å²) in [6.45, 7) is 8.86. The summed E-state index contributed by atoms with van der Waals surface area (Å²) in [4.78, 5) is 19.2. The Labute approximate surface area is 169 Å². The third-order valence-electron chi connectivity index (χ3n) is 5.22. The van der Waals surface area contributed by atoms with Crippen LogP contribution in [0.15, 0.2) is 12.1 Å². The highest BCUT2D eigenvalue weighted by atomic mass is 32.1. The first-order valence-corrected chi connectivity index (χ1v) is 10.6. The van der Waals surface area contributed by atoms with Gasteiger partial charge in [0.05, 0.1) is 22.9 Å². The number of thiazole rings is 1. The van der Waals surface area contributed by atoms with Gasteiger partial charge in [0.2, 0.25) is 0 Å². The second-order valence-electron chi connectivity index (χ2n) is 8.64. The summed E-state index contributed by atoms with van der Waals surface area (Å²) in [5.74, 6) is 0.934. The number of carbonyl (C=O) groups excluding carboxylic acids is 1. The summed E-state index contributed by atoms with van der Waals surface area (Å²) in [6, 6.07) is 3.98. The Hall–Kier alpha value is -2.06. The van der Waals surface area contributed by atoms with Gasteiger partial charge < -0.3 is 25.4 Å². The fraction of sp³-hybridized carbons (Fsp3) is 0.600. The van der Waals surface area contributed by atoms with Gasteiger partial charge in [-0.25, -0.2) is 9.78 Å². The third-order valence-corrected chi connectivity index (χ3v) is 6.18. The topological polar surface area (TPSA) is 89.7 Å². The van der Waals surface area contributed by atoms with Crippen molar-refractivity contribution in [1.82, 2.24) is 9.88 Å². The van der Waals surface area contributed by atoms with E-state index in [9.17, 15) is 4.79 Å². The predicted octanol–water partition coefficient (Wildman–Crippen LogP) is 3.37. The van der Waals surface area contributed by atoms with Gasteiger partial charge in [-0.15, -0.1) is 0 Å². The number of nitrogens with two attached hydrogens (primary N) is 1. The van der Waals surface area contributed by atoms with E-state index in [0.29, 0.717) is 19.6 Å². The van der Waals surface area contributed by atoms with Crippen LogP contribution in [-0.2, 0) is 11.2 Å². The molecule has 1 aromatic carbocycles. The molecule has 2 aliphatic rings. The molecule has 1 saturated heterocycles. The van der Waals surface area contributed by atoms with Crippen LogP contribution in [0.2, 0.25) is 0 Å². The molecule has 2 aromatic rings. The number of hydrogen-bond donors (Lipinski definition) is 2. The maximum absolute atomic E-state index is 12.6. The minimum absolute atomic E-state index is 0.0404. The second-order valence-corrected chi connectivity index (χ2v) is 9.67. The summed E-state index contributed by atoms with van der Waals surface area (Å²) in [5.41, 5.74) is 8.07. The van der Waals surface area contributed by atoms with E-state index < -0.39 is 5.60 Å². The summed E-state index contributed by atoms with van der Waals surface area (Å²) < 4.78 is 12.3. The summed E-state index contributed by atoms with van der Waals surface area (Å²) in [6.07, 6.45) is 1.31. The summed E-state index contributed by atoms with van der Waals surface area (Å²) in [7, 11) is 0. The molecule has 3 N–H and O–H groups in total. The van der Waals surface area contributed by atoms with Crippen LogP contribution >= 0.6 is 11.3 Å². The first-order chi connectivity index (χ1) is 13.2. The number of rotatable bonds is 2. The molecule has 2 aliphatic heterocycles. The zero-order valence-electron chi connectivity index (χ0n) is 16.8. The van der Waals surface area contributed by atoms with E-state index in [-0.39, 0.29) is 24.2 Å². The second kappa shape index (κ2) is 7.08. The van der Waals surface area contributed by atoms with Crippen LogP contribution in [0.25, 0.3) is 10.2 Å². The molecule has 3 heterocycles. The van der Waals surface area contributed by atoms with Crippen molar-refractivity contribution in [1.29, 1.82) is 0 Å². The number of carbonyl (C=O) groups is 1. The normalized spacial score (nSPS) is 24.8. The van der Waals surface area contributed by atoms with Crippen molar-refractivity contribution < 1.29 is 14.3 Å². The first kappa shape index (κ1) is 19.3. The number of nitrogens with zero attached hydrogens (tertiary/aromatic N) is 2. The smallest absolute Gasteiger partial charge is 0.410 e. The van der Waals surface area contributed by atoms with E-state index in [2.05, 4.69) is 11.4 Å². The van der Waals surface area contributed by atoms with Gasteiger partial charge in [-0.1, -0.05) is 11.3 Å². The van der Waals surface area contributed by atoms with Gasteiger partial charge >= 0.3 is 6.09 Å². The molecule has 28 heavy (non-hydrogen) atoms. The number of aromatic nitrogens is 1. The lowest BCUT2D eigenvalue weighted by Gasteiger charge is -2.41. The number of ether oxygens (including phenoxy) is 2. The first-order valence-electron chi connectivity index (χ1n) is 9.78. The lowest BCUT2D eigenvalue weighted by molar-refractivity contribution is 0.00917. The Bertz CT molecular complexity index is 891. The van der Waals surface area contributed by atoms with Crippen molar-refractivity contribution in [2.75, 3.05) is 18.5 Å². The largest absolute Gasteiger partial charge is 0.493 e. The molecule has 0 aliphatic carbocycles. The Morgan fingerprint density at radius 2 is 2.21 bits per heavy atom. The molecule has 4 rings (SSSR count). The standard InChI is InChI=1S/C20H28N4O3S/c1-11-9-13(21)14(10-24(11)19(25)27-20(2,3)4)22-18-23-17-12-7-8-26-15(12)5-6-16(17)28-18/h5-6,11,13-14H,7-10,21H2,1-4H3,(H,22,23)/t11-,13+,14-/m1/s1. The average Bonchev–Trinajstić information content (AvgIpc) is 3.20. The molecule has 0 bridgehead atoms. The van der Waals surface area contributed by atoms with Crippen LogP contribution in [0.4, 0.5) is 9.93 Å². The molecule has 3 atom stereocenters. The van der Waals surface area contributed by atoms with Gasteiger partial charge in [0.25, 0.3) is 0 Å². The molecular weight excluding hydrogens is 376 g/mol. The number of anilines is 1. The molecular formula is C20H28N4O3S. The zero-order chi connectivity index (χ0) is 20.1. The lowest BCUT2D eigenvalue weighted by atomic mass is 9.95. The number of piperidine rings is 1. The summed E-state index contributed by atoms with van der Waals surface area (Å²) in [5, 5.41) is 4.30. The maximum Gasteiger partial charge on any atom is 0.410 e. The predicted molar refractivity (Wildman–Crippen MR) is 111 cm³/mol. The SMILES string of the molecule is C[C@@H]1C[C@H](N)[C@H](Nc2nc3c4c(ccc3s2)OCC4)CN1C(=O)OC(C)(C)C. The summed E-state index contributed by atoms with van der Waals surface area (Å²) >= 11 is 1.61. The van der Waals surface area contributed by atoms with Crippen molar-refractivity contribution >= 4 is 32.8 Å². The minimum atomic E-state index is -0.519. The van der Waals surface area contributed by atoms with E-state index in [1.807, 2.05) is 33.8 Å². The molecule has 8 heteroatoms. The lowest BCUT2D eigenvalue weighted by Crippen LogP contribution is -2.59. The highest BCUT2D eigenvalue weighted by Gasteiger charge is 2.36. The highest BCUT2D eigenvalue weighted by molar-refractivity contribution is 7.22. The number of benzene rings is 1. The van der Waals surface area contributed by atoms with Crippen molar-refractivity contribution in [2.24, 2.45) is 5.73 Å². The number of nitrogens with one attached hydrogen (secondary N) is 1.